The molecule has 0 saturated carbocycles. The first-order valence-electron chi connectivity index (χ1n) is 9.57. The quantitative estimate of drug-likeness (QED) is 0.632. The maximum atomic E-state index is 12.6. The summed E-state index contributed by atoms with van der Waals surface area (Å²) in [6.07, 6.45) is -4.51. The smallest absolute Gasteiger partial charge is 0.416 e. The largest absolute Gasteiger partial charge is 0.511 e. The number of aliphatic hydroxyl groups excluding tert-OH is 1. The zero-order valence-corrected chi connectivity index (χ0v) is 17.0. The van der Waals surface area contributed by atoms with Crippen molar-refractivity contribution < 1.29 is 32.5 Å². The Kier molecular flexibility index (Phi) is 6.10. The number of aliphatic hydroxyl groups is 1. The molecule has 1 N–H and O–H groups in total. The summed E-state index contributed by atoms with van der Waals surface area (Å²) >= 11 is 0. The van der Waals surface area contributed by atoms with Gasteiger partial charge in [-0.3, -0.25) is 0 Å². The molecule has 2 aromatic rings. The molecule has 4 nitrogen and oxygen atoms in total. The lowest BCUT2D eigenvalue weighted by molar-refractivity contribution is -0.144. The molecule has 1 aliphatic heterocycles. The van der Waals surface area contributed by atoms with Gasteiger partial charge >= 0.3 is 12.1 Å². The highest BCUT2D eigenvalue weighted by atomic mass is 19.4. The predicted octanol–water partition coefficient (Wildman–Crippen LogP) is 5.68. The molecule has 0 bridgehead atoms. The highest BCUT2D eigenvalue weighted by molar-refractivity contribution is 6.18. The van der Waals surface area contributed by atoms with Gasteiger partial charge in [0.1, 0.15) is 23.2 Å². The first-order valence-corrected chi connectivity index (χ1v) is 9.57. The van der Waals surface area contributed by atoms with Crippen LogP contribution in [0.5, 0.6) is 5.75 Å². The fourth-order valence-corrected chi connectivity index (χ4v) is 3.72. The highest BCUT2D eigenvalue weighted by Gasteiger charge is 2.32. The molecule has 0 aliphatic carbocycles. The van der Waals surface area contributed by atoms with Crippen molar-refractivity contribution in [1.82, 2.24) is 0 Å². The van der Waals surface area contributed by atoms with Crippen molar-refractivity contribution >= 4 is 11.5 Å². The number of aryl methyl sites for hydroxylation is 3. The van der Waals surface area contributed by atoms with Crippen LogP contribution in [0, 0.1) is 20.8 Å². The average molecular weight is 420 g/mol. The van der Waals surface area contributed by atoms with Gasteiger partial charge in [-0.25, -0.2) is 4.79 Å². The molecule has 0 spiro atoms. The molecule has 2 aromatic carbocycles. The zero-order valence-electron chi connectivity index (χ0n) is 17.0. The maximum absolute atomic E-state index is 12.6. The third kappa shape index (κ3) is 4.78. The summed E-state index contributed by atoms with van der Waals surface area (Å²) in [4.78, 5) is 12.6. The zero-order chi connectivity index (χ0) is 22.1. The molecule has 7 heteroatoms. The normalized spacial score (nSPS) is 17.1. The van der Waals surface area contributed by atoms with E-state index in [9.17, 15) is 23.1 Å². The molecule has 0 aromatic heterocycles. The number of benzene rings is 2. The van der Waals surface area contributed by atoms with Gasteiger partial charge in [-0.15, -0.1) is 0 Å². The summed E-state index contributed by atoms with van der Waals surface area (Å²) in [5.74, 6) is -0.328. The fourth-order valence-electron chi connectivity index (χ4n) is 3.72. The molecule has 3 rings (SSSR count). The van der Waals surface area contributed by atoms with Crippen LogP contribution in [0.3, 0.4) is 0 Å². The lowest BCUT2D eigenvalue weighted by Gasteiger charge is -2.26. The maximum Gasteiger partial charge on any atom is 0.416 e. The van der Waals surface area contributed by atoms with Gasteiger partial charge in [-0.2, -0.15) is 13.2 Å². The van der Waals surface area contributed by atoms with Crippen molar-refractivity contribution in [3.05, 3.63) is 70.0 Å². The molecule has 1 aliphatic rings. The van der Waals surface area contributed by atoms with Crippen LogP contribution in [-0.2, 0) is 15.7 Å². The van der Waals surface area contributed by atoms with Crippen molar-refractivity contribution in [1.29, 1.82) is 0 Å². The first-order chi connectivity index (χ1) is 14.1. The molecule has 1 heterocycles. The van der Waals surface area contributed by atoms with Gasteiger partial charge in [0, 0.05) is 12.8 Å². The number of esters is 1. The van der Waals surface area contributed by atoms with E-state index in [4.69, 9.17) is 9.47 Å². The lowest BCUT2D eigenvalue weighted by atomic mass is 9.90. The molecular weight excluding hydrogens is 397 g/mol. The Morgan fingerprint density at radius 1 is 1.10 bits per heavy atom. The van der Waals surface area contributed by atoms with Gasteiger partial charge in [0.15, 0.2) is 0 Å². The van der Waals surface area contributed by atoms with Gasteiger partial charge in [0.05, 0.1) is 12.2 Å². The molecule has 0 saturated heterocycles. The Morgan fingerprint density at radius 2 is 1.70 bits per heavy atom. The molecule has 0 amide bonds. The van der Waals surface area contributed by atoms with Crippen LogP contribution >= 0.6 is 0 Å². The standard InChI is InChI=1S/C23H23F3O4/c1-13-10-14(2)20(15(3)11-13)21-19(27)12-18(30-22(21)28)8-9-29-17-6-4-16(5-7-17)23(24,25)26/h4-7,10-11,18,27H,8-9,12H2,1-3H3. The summed E-state index contributed by atoms with van der Waals surface area (Å²) in [5, 5.41) is 10.5. The lowest BCUT2D eigenvalue weighted by Crippen LogP contribution is -2.28. The Hall–Kier alpha value is -2.96. The third-order valence-corrected chi connectivity index (χ3v) is 5.00. The van der Waals surface area contributed by atoms with E-state index in [2.05, 4.69) is 0 Å². The molecule has 1 atom stereocenters. The van der Waals surface area contributed by atoms with Crippen LogP contribution < -0.4 is 4.74 Å². The van der Waals surface area contributed by atoms with E-state index >= 15 is 0 Å². The number of cyclic esters (lactones) is 1. The monoisotopic (exact) mass is 420 g/mol. The molecule has 1 unspecified atom stereocenters. The van der Waals surface area contributed by atoms with Gasteiger partial charge in [-0.1, -0.05) is 17.7 Å². The third-order valence-electron chi connectivity index (χ3n) is 5.00. The van der Waals surface area contributed by atoms with Crippen LogP contribution in [-0.4, -0.2) is 23.8 Å². The summed E-state index contributed by atoms with van der Waals surface area (Å²) in [6, 6.07) is 8.27. The summed E-state index contributed by atoms with van der Waals surface area (Å²) in [6.45, 7) is 5.86. The van der Waals surface area contributed by atoms with Crippen LogP contribution in [0.2, 0.25) is 0 Å². The van der Waals surface area contributed by atoms with Gasteiger partial charge < -0.3 is 14.6 Å². The second-order valence-corrected chi connectivity index (χ2v) is 7.49. The molecule has 160 valence electrons. The number of carbonyl (C=O) groups is 1. The Bertz CT molecular complexity index is 952. The highest BCUT2D eigenvalue weighted by Crippen LogP contribution is 2.34. The van der Waals surface area contributed by atoms with Crippen molar-refractivity contribution in [2.24, 2.45) is 0 Å². The predicted molar refractivity (Wildman–Crippen MR) is 106 cm³/mol. The topological polar surface area (TPSA) is 55.8 Å². The molecule has 0 fully saturated rings. The van der Waals surface area contributed by atoms with E-state index in [1.807, 2.05) is 32.9 Å². The van der Waals surface area contributed by atoms with Crippen LogP contribution in [0.1, 0.15) is 40.7 Å². The van der Waals surface area contributed by atoms with E-state index in [-0.39, 0.29) is 30.1 Å². The Morgan fingerprint density at radius 3 is 2.23 bits per heavy atom. The van der Waals surface area contributed by atoms with Crippen molar-refractivity contribution in [2.45, 2.75) is 45.9 Å². The SMILES string of the molecule is Cc1cc(C)c(C2=C(O)CC(CCOc3ccc(C(F)(F)F)cc3)OC2=O)c(C)c1. The van der Waals surface area contributed by atoms with E-state index in [0.29, 0.717) is 12.0 Å². The van der Waals surface area contributed by atoms with Gasteiger partial charge in [0.2, 0.25) is 0 Å². The average Bonchev–Trinajstić information content (AvgIpc) is 2.63. The van der Waals surface area contributed by atoms with Crippen molar-refractivity contribution in [3.63, 3.8) is 0 Å². The minimum absolute atomic E-state index is 0.0270. The van der Waals surface area contributed by atoms with E-state index in [0.717, 1.165) is 28.8 Å². The van der Waals surface area contributed by atoms with Crippen molar-refractivity contribution in [2.75, 3.05) is 6.61 Å². The number of carbonyl (C=O) groups excluding carboxylic acids is 1. The number of alkyl halides is 3. The van der Waals surface area contributed by atoms with Crippen molar-refractivity contribution in [3.8, 4) is 5.75 Å². The number of halogens is 3. The number of ether oxygens (including phenoxy) is 2. The minimum Gasteiger partial charge on any atom is -0.511 e. The van der Waals surface area contributed by atoms with E-state index in [1.54, 1.807) is 0 Å². The van der Waals surface area contributed by atoms with E-state index < -0.39 is 23.8 Å². The molecule has 0 radical (unpaired) electrons. The number of rotatable bonds is 5. The van der Waals surface area contributed by atoms with Crippen LogP contribution in [0.25, 0.3) is 5.57 Å². The number of hydrogen-bond acceptors (Lipinski definition) is 4. The van der Waals surface area contributed by atoms with E-state index in [1.165, 1.54) is 12.1 Å². The fraction of sp³-hybridized carbons (Fsp3) is 0.348. The summed E-state index contributed by atoms with van der Waals surface area (Å²) in [5.41, 5.74) is 2.95. The first kappa shape index (κ1) is 21.7. The molecule has 30 heavy (non-hydrogen) atoms. The summed E-state index contributed by atoms with van der Waals surface area (Å²) in [7, 11) is 0. The second-order valence-electron chi connectivity index (χ2n) is 7.49. The minimum atomic E-state index is -4.40. The number of hydrogen-bond donors (Lipinski definition) is 1. The van der Waals surface area contributed by atoms with Gasteiger partial charge in [-0.05, 0) is 61.7 Å². The second kappa shape index (κ2) is 8.42. The van der Waals surface area contributed by atoms with Crippen LogP contribution in [0.15, 0.2) is 42.2 Å². The molecular formula is C23H23F3O4. The Labute approximate surface area is 172 Å². The van der Waals surface area contributed by atoms with Crippen LogP contribution in [0.4, 0.5) is 13.2 Å². The summed E-state index contributed by atoms with van der Waals surface area (Å²) < 4.78 is 48.7. The van der Waals surface area contributed by atoms with Gasteiger partial charge in [0.25, 0.3) is 0 Å². The Balaban J connectivity index is 1.64.